The second kappa shape index (κ2) is 11.1. The van der Waals surface area contributed by atoms with E-state index in [0.717, 1.165) is 12.0 Å². The van der Waals surface area contributed by atoms with Crippen LogP contribution in [0.5, 0.6) is 5.75 Å². The van der Waals surface area contributed by atoms with Gasteiger partial charge in [0.1, 0.15) is 18.3 Å². The number of nitrogens with one attached hydrogen (secondary N) is 1. The van der Waals surface area contributed by atoms with E-state index in [2.05, 4.69) is 5.32 Å². The van der Waals surface area contributed by atoms with Crippen molar-refractivity contribution in [3.63, 3.8) is 0 Å². The zero-order valence-corrected chi connectivity index (χ0v) is 21.8. The maximum atomic E-state index is 13.9. The Labute approximate surface area is 220 Å². The summed E-state index contributed by atoms with van der Waals surface area (Å²) in [6.45, 7) is 3.80. The Hall–Kier alpha value is -3.35. The second-order valence-corrected chi connectivity index (χ2v) is 9.53. The molecular weight excluding hydrogens is 497 g/mol. The Morgan fingerprint density at radius 3 is 2.47 bits per heavy atom. The van der Waals surface area contributed by atoms with Gasteiger partial charge in [-0.2, -0.15) is 0 Å². The van der Waals surface area contributed by atoms with E-state index in [-0.39, 0.29) is 18.4 Å². The van der Waals surface area contributed by atoms with Crippen LogP contribution in [0.15, 0.2) is 71.7 Å². The molecule has 0 spiro atoms. The van der Waals surface area contributed by atoms with Gasteiger partial charge in [0, 0.05) is 21.2 Å². The summed E-state index contributed by atoms with van der Waals surface area (Å²) in [6.07, 6.45) is 0.749. The Balaban J connectivity index is 1.78. The SMILES string of the molecule is CC[C@@H](C)[C@H]1N=C(c2ccccc2)c2cc(Cl)ccc2N(CC(=O)Nc2cc(Cl)ccc2OC)C1=O. The first kappa shape index (κ1) is 25.7. The molecule has 3 aromatic carbocycles. The van der Waals surface area contributed by atoms with E-state index in [1.54, 1.807) is 36.4 Å². The fraction of sp³-hybridized carbons (Fsp3) is 0.250. The number of halogens is 2. The van der Waals surface area contributed by atoms with Gasteiger partial charge in [-0.15, -0.1) is 0 Å². The maximum Gasteiger partial charge on any atom is 0.252 e. The van der Waals surface area contributed by atoms with Gasteiger partial charge >= 0.3 is 0 Å². The van der Waals surface area contributed by atoms with E-state index in [1.807, 2.05) is 44.2 Å². The molecule has 186 valence electrons. The molecule has 0 fully saturated rings. The minimum absolute atomic E-state index is 0.0421. The molecule has 2 amide bonds. The van der Waals surface area contributed by atoms with Gasteiger partial charge in [0.2, 0.25) is 5.91 Å². The number of nitrogens with zero attached hydrogens (tertiary/aromatic N) is 2. The monoisotopic (exact) mass is 523 g/mol. The number of rotatable bonds is 7. The fourth-order valence-corrected chi connectivity index (χ4v) is 4.51. The third-order valence-corrected chi connectivity index (χ3v) is 6.73. The highest BCUT2D eigenvalue weighted by molar-refractivity contribution is 6.32. The van der Waals surface area contributed by atoms with Crippen molar-refractivity contribution in [1.82, 2.24) is 0 Å². The number of aliphatic imine (C=N–C) groups is 1. The molecule has 0 aliphatic carbocycles. The van der Waals surface area contributed by atoms with Crippen LogP contribution in [0.2, 0.25) is 10.0 Å². The van der Waals surface area contributed by atoms with Gasteiger partial charge in [0.05, 0.1) is 24.2 Å². The quantitative estimate of drug-likeness (QED) is 0.398. The minimum Gasteiger partial charge on any atom is -0.495 e. The van der Waals surface area contributed by atoms with Crippen LogP contribution < -0.4 is 15.0 Å². The van der Waals surface area contributed by atoms with E-state index in [9.17, 15) is 9.59 Å². The molecule has 0 aromatic heterocycles. The predicted octanol–water partition coefficient (Wildman–Crippen LogP) is 6.24. The summed E-state index contributed by atoms with van der Waals surface area (Å²) in [4.78, 5) is 33.6. The number of methoxy groups -OCH3 is 1. The predicted molar refractivity (Wildman–Crippen MR) is 146 cm³/mol. The van der Waals surface area contributed by atoms with Crippen LogP contribution >= 0.6 is 23.2 Å². The third-order valence-electron chi connectivity index (χ3n) is 6.26. The topological polar surface area (TPSA) is 71.0 Å². The van der Waals surface area contributed by atoms with Crippen LogP contribution in [-0.2, 0) is 9.59 Å². The van der Waals surface area contributed by atoms with Crippen LogP contribution in [-0.4, -0.2) is 37.2 Å². The van der Waals surface area contributed by atoms with E-state index >= 15 is 0 Å². The Morgan fingerprint density at radius 1 is 1.08 bits per heavy atom. The van der Waals surface area contributed by atoms with Gasteiger partial charge in [-0.1, -0.05) is 73.8 Å². The van der Waals surface area contributed by atoms with Crippen LogP contribution in [0.3, 0.4) is 0 Å². The molecule has 1 aliphatic rings. The summed E-state index contributed by atoms with van der Waals surface area (Å²) in [5.41, 5.74) is 3.24. The minimum atomic E-state index is -0.662. The number of benzodiazepines with no additional fused rings is 1. The van der Waals surface area contributed by atoms with Crippen molar-refractivity contribution in [2.75, 3.05) is 23.9 Å². The number of ether oxygens (including phenoxy) is 1. The highest BCUT2D eigenvalue weighted by atomic mass is 35.5. The third kappa shape index (κ3) is 5.40. The summed E-state index contributed by atoms with van der Waals surface area (Å²) in [5, 5.41) is 3.80. The molecule has 8 heteroatoms. The van der Waals surface area contributed by atoms with Crippen molar-refractivity contribution < 1.29 is 14.3 Å². The summed E-state index contributed by atoms with van der Waals surface area (Å²) in [7, 11) is 1.51. The van der Waals surface area contributed by atoms with Crippen molar-refractivity contribution in [1.29, 1.82) is 0 Å². The Morgan fingerprint density at radius 2 is 1.78 bits per heavy atom. The number of carbonyl (C=O) groups excluding carboxylic acids is 2. The molecule has 0 unspecified atom stereocenters. The first-order valence-corrected chi connectivity index (χ1v) is 12.5. The Bertz CT molecular complexity index is 1310. The molecule has 4 rings (SSSR count). The number of carbonyl (C=O) groups is 2. The second-order valence-electron chi connectivity index (χ2n) is 8.65. The van der Waals surface area contributed by atoms with Crippen molar-refractivity contribution in [2.45, 2.75) is 26.3 Å². The van der Waals surface area contributed by atoms with Crippen molar-refractivity contribution >= 4 is 52.1 Å². The van der Waals surface area contributed by atoms with Crippen molar-refractivity contribution in [3.8, 4) is 5.75 Å². The largest absolute Gasteiger partial charge is 0.495 e. The summed E-state index contributed by atoms with van der Waals surface area (Å²) < 4.78 is 5.34. The highest BCUT2D eigenvalue weighted by Gasteiger charge is 2.35. The van der Waals surface area contributed by atoms with Gasteiger partial charge in [0.15, 0.2) is 0 Å². The molecule has 0 saturated heterocycles. The number of benzene rings is 3. The molecule has 36 heavy (non-hydrogen) atoms. The lowest BCUT2D eigenvalue weighted by Crippen LogP contribution is -2.44. The van der Waals surface area contributed by atoms with Gasteiger partial charge in [-0.25, -0.2) is 0 Å². The molecule has 3 aromatic rings. The molecule has 0 bridgehead atoms. The normalized spacial score (nSPS) is 16.0. The molecule has 1 heterocycles. The van der Waals surface area contributed by atoms with E-state index in [4.69, 9.17) is 32.9 Å². The lowest BCUT2D eigenvalue weighted by Gasteiger charge is -2.27. The zero-order valence-electron chi connectivity index (χ0n) is 20.3. The first-order valence-electron chi connectivity index (χ1n) is 11.7. The smallest absolute Gasteiger partial charge is 0.252 e. The van der Waals surface area contributed by atoms with E-state index in [1.165, 1.54) is 12.0 Å². The van der Waals surface area contributed by atoms with Crippen LogP contribution in [0, 0.1) is 5.92 Å². The molecular formula is C28H27Cl2N3O3. The molecule has 0 saturated carbocycles. The average Bonchev–Trinajstić information content (AvgIpc) is 2.99. The number of anilines is 2. The number of hydrogen-bond donors (Lipinski definition) is 1. The number of fused-ring (bicyclic) bond motifs is 1. The summed E-state index contributed by atoms with van der Waals surface area (Å²) in [5.74, 6) is -0.211. The van der Waals surface area contributed by atoms with Crippen LogP contribution in [0.4, 0.5) is 11.4 Å². The highest BCUT2D eigenvalue weighted by Crippen LogP contribution is 2.33. The average molecular weight is 524 g/mol. The van der Waals surface area contributed by atoms with E-state index < -0.39 is 11.9 Å². The maximum absolute atomic E-state index is 13.9. The Kier molecular flexibility index (Phi) is 7.97. The van der Waals surface area contributed by atoms with Gasteiger partial charge in [-0.05, 0) is 42.3 Å². The zero-order chi connectivity index (χ0) is 25.8. The van der Waals surface area contributed by atoms with Crippen LogP contribution in [0.1, 0.15) is 31.4 Å². The lowest BCUT2D eigenvalue weighted by atomic mass is 9.98. The summed E-state index contributed by atoms with van der Waals surface area (Å²) >= 11 is 12.5. The number of hydrogen-bond acceptors (Lipinski definition) is 4. The molecule has 6 nitrogen and oxygen atoms in total. The van der Waals surface area contributed by atoms with Crippen molar-refractivity contribution in [2.24, 2.45) is 10.9 Å². The summed E-state index contributed by atoms with van der Waals surface area (Å²) in [6, 6.07) is 19.2. The van der Waals surface area contributed by atoms with E-state index in [0.29, 0.717) is 38.4 Å². The molecule has 0 radical (unpaired) electrons. The first-order chi connectivity index (χ1) is 17.3. The standard InChI is InChI=1S/C28H27Cl2N3O3/c1-4-17(2)26-28(35)33(16-25(34)31-22-15-20(30)11-13-24(22)36-3)23-12-10-19(29)14-21(23)27(32-26)18-8-6-5-7-9-18/h5-15,17,26H,4,16H2,1-3H3,(H,31,34)/t17-,26-/m1/s1. The fourth-order valence-electron chi connectivity index (χ4n) is 4.17. The molecule has 1 N–H and O–H groups in total. The van der Waals surface area contributed by atoms with Gasteiger partial charge < -0.3 is 15.0 Å². The van der Waals surface area contributed by atoms with Crippen molar-refractivity contribution in [3.05, 3.63) is 87.9 Å². The molecule has 2 atom stereocenters. The van der Waals surface area contributed by atoms with Gasteiger partial charge in [-0.3, -0.25) is 14.6 Å². The van der Waals surface area contributed by atoms with Gasteiger partial charge in [0.25, 0.3) is 5.91 Å². The molecule has 1 aliphatic heterocycles. The number of amides is 2. The lowest BCUT2D eigenvalue weighted by molar-refractivity contribution is -0.123. The van der Waals surface area contributed by atoms with Crippen LogP contribution in [0.25, 0.3) is 0 Å².